The van der Waals surface area contributed by atoms with E-state index in [-0.39, 0.29) is 12.2 Å². The van der Waals surface area contributed by atoms with Gasteiger partial charge in [0.2, 0.25) is 0 Å². The number of ether oxygens (including phenoxy) is 1. The summed E-state index contributed by atoms with van der Waals surface area (Å²) in [5.41, 5.74) is 1.72. The van der Waals surface area contributed by atoms with Gasteiger partial charge in [-0.3, -0.25) is 9.59 Å². The molecule has 3 nitrogen and oxygen atoms in total. The quantitative estimate of drug-likeness (QED) is 0.426. The molecule has 0 aliphatic carbocycles. The number of ketones is 1. The zero-order valence-corrected chi connectivity index (χ0v) is 14.7. The number of esters is 1. The standard InChI is InChI=1S/C19H19BrO3/c1-3-16(21)19(2,20)18(22)23-17(14-10-6-4-7-11-14)15-12-8-5-9-13-15/h4-13,17H,3H2,1-2H3. The van der Waals surface area contributed by atoms with Crippen molar-refractivity contribution in [3.63, 3.8) is 0 Å². The molecule has 1 unspecified atom stereocenters. The first-order valence-corrected chi connectivity index (χ1v) is 8.29. The number of hydrogen-bond donors (Lipinski definition) is 0. The van der Waals surface area contributed by atoms with E-state index < -0.39 is 16.4 Å². The van der Waals surface area contributed by atoms with Crippen LogP contribution in [0.25, 0.3) is 0 Å². The lowest BCUT2D eigenvalue weighted by Gasteiger charge is -2.24. The van der Waals surface area contributed by atoms with Crippen molar-refractivity contribution in [2.75, 3.05) is 0 Å². The van der Waals surface area contributed by atoms with Crippen LogP contribution in [0.4, 0.5) is 0 Å². The van der Waals surface area contributed by atoms with E-state index >= 15 is 0 Å². The average Bonchev–Trinajstić information content (AvgIpc) is 2.60. The van der Waals surface area contributed by atoms with Crippen LogP contribution in [0.3, 0.4) is 0 Å². The molecule has 0 spiro atoms. The molecule has 2 aromatic carbocycles. The lowest BCUT2D eigenvalue weighted by Crippen LogP contribution is -2.39. The number of rotatable bonds is 6. The topological polar surface area (TPSA) is 43.4 Å². The number of carbonyl (C=O) groups excluding carboxylic acids is 2. The van der Waals surface area contributed by atoms with E-state index in [0.29, 0.717) is 0 Å². The summed E-state index contributed by atoms with van der Waals surface area (Å²) >= 11 is 3.22. The highest BCUT2D eigenvalue weighted by Crippen LogP contribution is 2.30. The molecule has 0 N–H and O–H groups in total. The van der Waals surface area contributed by atoms with Crippen LogP contribution in [0.1, 0.15) is 37.5 Å². The summed E-state index contributed by atoms with van der Waals surface area (Å²) in [7, 11) is 0. The maximum atomic E-state index is 12.5. The van der Waals surface area contributed by atoms with Gasteiger partial charge in [0.1, 0.15) is 0 Å². The van der Waals surface area contributed by atoms with E-state index in [1.54, 1.807) is 6.92 Å². The van der Waals surface area contributed by atoms with Gasteiger partial charge >= 0.3 is 5.97 Å². The Morgan fingerprint density at radius 1 is 1.00 bits per heavy atom. The lowest BCUT2D eigenvalue weighted by atomic mass is 10.0. The zero-order valence-electron chi connectivity index (χ0n) is 13.2. The van der Waals surface area contributed by atoms with Gasteiger partial charge in [-0.05, 0) is 18.1 Å². The molecule has 1 atom stereocenters. The fourth-order valence-corrected chi connectivity index (χ4v) is 2.62. The summed E-state index contributed by atoms with van der Waals surface area (Å²) in [5, 5.41) is 0. The minimum atomic E-state index is -1.33. The van der Waals surface area contributed by atoms with Crippen molar-refractivity contribution in [2.24, 2.45) is 0 Å². The molecule has 0 fully saturated rings. The Morgan fingerprint density at radius 3 is 1.83 bits per heavy atom. The highest BCUT2D eigenvalue weighted by molar-refractivity contribution is 9.10. The number of benzene rings is 2. The van der Waals surface area contributed by atoms with Gasteiger partial charge in [-0.15, -0.1) is 0 Å². The Bertz CT molecular complexity index is 626. The number of carbonyl (C=O) groups is 2. The molecule has 0 aromatic heterocycles. The van der Waals surface area contributed by atoms with Crippen LogP contribution in [0.5, 0.6) is 0 Å². The molecule has 0 aliphatic rings. The highest BCUT2D eigenvalue weighted by Gasteiger charge is 2.40. The Kier molecular flexibility index (Phi) is 5.72. The third kappa shape index (κ3) is 4.08. The second kappa shape index (κ2) is 7.55. The summed E-state index contributed by atoms with van der Waals surface area (Å²) < 4.78 is 4.37. The number of Topliss-reactive ketones (excluding diaryl/α,β-unsaturated/α-hetero) is 1. The van der Waals surface area contributed by atoms with Crippen molar-refractivity contribution in [1.29, 1.82) is 0 Å². The number of alkyl halides is 1. The first kappa shape index (κ1) is 17.4. The SMILES string of the molecule is CCC(=O)C(C)(Br)C(=O)OC(c1ccccc1)c1ccccc1. The van der Waals surface area contributed by atoms with E-state index in [4.69, 9.17) is 4.74 Å². The molecule has 4 heteroatoms. The van der Waals surface area contributed by atoms with E-state index in [1.807, 2.05) is 60.7 Å². The van der Waals surface area contributed by atoms with Gasteiger partial charge in [-0.25, -0.2) is 0 Å². The largest absolute Gasteiger partial charge is 0.451 e. The molecule has 120 valence electrons. The molecular weight excluding hydrogens is 356 g/mol. The minimum Gasteiger partial charge on any atom is -0.451 e. The van der Waals surface area contributed by atoms with Crippen molar-refractivity contribution >= 4 is 27.7 Å². The molecule has 0 saturated carbocycles. The van der Waals surface area contributed by atoms with Crippen LogP contribution in [0, 0.1) is 0 Å². The highest BCUT2D eigenvalue weighted by atomic mass is 79.9. The summed E-state index contributed by atoms with van der Waals surface area (Å²) in [5.74, 6) is -0.788. The average molecular weight is 375 g/mol. The van der Waals surface area contributed by atoms with Crippen LogP contribution >= 0.6 is 15.9 Å². The van der Waals surface area contributed by atoms with Crippen molar-refractivity contribution in [3.8, 4) is 0 Å². The fourth-order valence-electron chi connectivity index (χ4n) is 2.25. The van der Waals surface area contributed by atoms with Gasteiger partial charge in [-0.2, -0.15) is 0 Å². The van der Waals surface area contributed by atoms with E-state index in [1.165, 1.54) is 6.92 Å². The first-order valence-electron chi connectivity index (χ1n) is 7.50. The molecule has 23 heavy (non-hydrogen) atoms. The summed E-state index contributed by atoms with van der Waals surface area (Å²) in [6, 6.07) is 19.0. The van der Waals surface area contributed by atoms with Crippen LogP contribution < -0.4 is 0 Å². The molecule has 2 rings (SSSR count). The normalized spacial score (nSPS) is 13.4. The van der Waals surface area contributed by atoms with Crippen LogP contribution in [0.15, 0.2) is 60.7 Å². The monoisotopic (exact) mass is 374 g/mol. The first-order chi connectivity index (χ1) is 11.0. The third-order valence-corrected chi connectivity index (χ3v) is 4.42. The molecule has 0 bridgehead atoms. The Hall–Kier alpha value is -1.94. The van der Waals surface area contributed by atoms with Crippen LogP contribution in [0.2, 0.25) is 0 Å². The van der Waals surface area contributed by atoms with E-state index in [2.05, 4.69) is 15.9 Å². The molecule has 0 aliphatic heterocycles. The molecule has 0 saturated heterocycles. The maximum Gasteiger partial charge on any atom is 0.331 e. The van der Waals surface area contributed by atoms with Crippen LogP contribution in [-0.2, 0) is 14.3 Å². The Labute approximate surface area is 144 Å². The fraction of sp³-hybridized carbons (Fsp3) is 0.263. The third-order valence-electron chi connectivity index (χ3n) is 3.66. The smallest absolute Gasteiger partial charge is 0.331 e. The molecule has 0 amide bonds. The van der Waals surface area contributed by atoms with E-state index in [0.717, 1.165) is 11.1 Å². The second-order valence-corrected chi connectivity index (χ2v) is 6.97. The van der Waals surface area contributed by atoms with Crippen molar-refractivity contribution < 1.29 is 14.3 Å². The minimum absolute atomic E-state index is 0.206. The predicted molar refractivity (Wildman–Crippen MR) is 93.4 cm³/mol. The van der Waals surface area contributed by atoms with Gasteiger partial charge in [-0.1, -0.05) is 83.5 Å². The summed E-state index contributed by atoms with van der Waals surface area (Å²) in [4.78, 5) is 24.5. The zero-order chi connectivity index (χ0) is 16.9. The molecule has 0 heterocycles. The molecule has 2 aromatic rings. The van der Waals surface area contributed by atoms with Gasteiger partial charge in [0.05, 0.1) is 0 Å². The molecule has 0 radical (unpaired) electrons. The van der Waals surface area contributed by atoms with Gasteiger partial charge in [0, 0.05) is 6.42 Å². The summed E-state index contributed by atoms with van der Waals surface area (Å²) in [6.45, 7) is 3.26. The van der Waals surface area contributed by atoms with Gasteiger partial charge in [0.25, 0.3) is 0 Å². The lowest BCUT2D eigenvalue weighted by molar-refractivity contribution is -0.152. The van der Waals surface area contributed by atoms with Gasteiger partial charge < -0.3 is 4.74 Å². The predicted octanol–water partition coefficient (Wildman–Crippen LogP) is 4.45. The van der Waals surface area contributed by atoms with E-state index in [9.17, 15) is 9.59 Å². The van der Waals surface area contributed by atoms with Crippen molar-refractivity contribution in [1.82, 2.24) is 0 Å². The van der Waals surface area contributed by atoms with Crippen LogP contribution in [-0.4, -0.2) is 16.1 Å². The Morgan fingerprint density at radius 2 is 1.43 bits per heavy atom. The van der Waals surface area contributed by atoms with Crippen molar-refractivity contribution in [2.45, 2.75) is 30.7 Å². The van der Waals surface area contributed by atoms with Crippen molar-refractivity contribution in [3.05, 3.63) is 71.8 Å². The number of hydrogen-bond acceptors (Lipinski definition) is 3. The maximum absolute atomic E-state index is 12.5. The Balaban J connectivity index is 2.33. The second-order valence-electron chi connectivity index (χ2n) is 5.39. The van der Waals surface area contributed by atoms with Gasteiger partial charge in [0.15, 0.2) is 16.2 Å². The summed E-state index contributed by atoms with van der Waals surface area (Å²) in [6.07, 6.45) is -0.288. The number of halogens is 1. The molecular formula is C19H19BrO3.